The Kier molecular flexibility index (Phi) is 4.40. The van der Waals surface area contributed by atoms with Crippen LogP contribution in [0.3, 0.4) is 0 Å². The second kappa shape index (κ2) is 4.99. The van der Waals surface area contributed by atoms with Crippen molar-refractivity contribution < 1.29 is 13.2 Å². The molecule has 0 amide bonds. The second-order valence-corrected chi connectivity index (χ2v) is 6.66. The molecule has 1 N–H and O–H groups in total. The third-order valence-electron chi connectivity index (χ3n) is 2.92. The summed E-state index contributed by atoms with van der Waals surface area (Å²) >= 11 is 0. The average molecular weight is 256 g/mol. The normalized spacial score (nSPS) is 39.7. The van der Waals surface area contributed by atoms with Gasteiger partial charge in [0.2, 0.25) is 0 Å². The van der Waals surface area contributed by atoms with Gasteiger partial charge in [0.15, 0.2) is 9.84 Å². The molecule has 3 atom stereocenters. The van der Waals surface area contributed by atoms with E-state index in [2.05, 4.69) is 12.2 Å². The number of halogens is 1. The predicted molar refractivity (Wildman–Crippen MR) is 60.9 cm³/mol. The predicted octanol–water partition coefficient (Wildman–Crippen LogP) is 0.425. The van der Waals surface area contributed by atoms with Gasteiger partial charge in [-0.05, 0) is 12.3 Å². The summed E-state index contributed by atoms with van der Waals surface area (Å²) in [4.78, 5) is 0. The van der Waals surface area contributed by atoms with Crippen molar-refractivity contribution in [2.75, 3.05) is 24.7 Å². The minimum atomic E-state index is -2.78. The van der Waals surface area contributed by atoms with Gasteiger partial charge in [-0.2, -0.15) is 0 Å². The summed E-state index contributed by atoms with van der Waals surface area (Å²) in [6.45, 7) is 3.80. The van der Waals surface area contributed by atoms with Crippen molar-refractivity contribution in [2.24, 2.45) is 11.8 Å². The lowest BCUT2D eigenvalue weighted by molar-refractivity contribution is -0.0506. The lowest BCUT2D eigenvalue weighted by Crippen LogP contribution is -2.47. The topological polar surface area (TPSA) is 55.4 Å². The summed E-state index contributed by atoms with van der Waals surface area (Å²) in [5, 5.41) is 3.26. The van der Waals surface area contributed by atoms with Crippen LogP contribution in [0.25, 0.3) is 0 Å². The van der Waals surface area contributed by atoms with E-state index in [1.807, 2.05) is 0 Å². The van der Waals surface area contributed by atoms with Crippen molar-refractivity contribution >= 4 is 22.2 Å². The highest BCUT2D eigenvalue weighted by atomic mass is 35.5. The van der Waals surface area contributed by atoms with Crippen LogP contribution in [0.5, 0.6) is 0 Å². The van der Waals surface area contributed by atoms with Crippen molar-refractivity contribution in [3.63, 3.8) is 0 Å². The van der Waals surface area contributed by atoms with Crippen molar-refractivity contribution in [3.05, 3.63) is 0 Å². The van der Waals surface area contributed by atoms with Crippen molar-refractivity contribution in [3.8, 4) is 0 Å². The van der Waals surface area contributed by atoms with Crippen LogP contribution < -0.4 is 5.32 Å². The maximum atomic E-state index is 11.3. The maximum Gasteiger partial charge on any atom is 0.150 e. The second-order valence-electron chi connectivity index (χ2n) is 4.43. The third kappa shape index (κ3) is 3.31. The highest BCUT2D eigenvalue weighted by Crippen LogP contribution is 2.24. The first kappa shape index (κ1) is 13.2. The van der Waals surface area contributed by atoms with Gasteiger partial charge in [-0.1, -0.05) is 6.92 Å². The van der Waals surface area contributed by atoms with E-state index < -0.39 is 9.84 Å². The first-order valence-electron chi connectivity index (χ1n) is 5.12. The Balaban J connectivity index is 0.00000112. The molecule has 3 unspecified atom stereocenters. The summed E-state index contributed by atoms with van der Waals surface area (Å²) in [5.41, 5.74) is 0. The molecule has 0 saturated carbocycles. The summed E-state index contributed by atoms with van der Waals surface area (Å²) in [6.07, 6.45) is 0.706. The SMILES string of the molecule is CC1CNC(C2CCS(=O)(=O)C2)OC1.Cl. The van der Waals surface area contributed by atoms with E-state index in [1.54, 1.807) is 0 Å². The number of hydrogen-bond acceptors (Lipinski definition) is 4. The number of rotatable bonds is 1. The molecule has 0 aromatic rings. The van der Waals surface area contributed by atoms with E-state index in [9.17, 15) is 8.42 Å². The molecule has 2 heterocycles. The Bertz CT molecular complexity index is 298. The molecule has 15 heavy (non-hydrogen) atoms. The third-order valence-corrected chi connectivity index (χ3v) is 4.72. The lowest BCUT2D eigenvalue weighted by Gasteiger charge is -2.31. The Labute approximate surface area is 97.1 Å². The van der Waals surface area contributed by atoms with E-state index in [0.29, 0.717) is 17.4 Å². The molecule has 0 spiro atoms. The van der Waals surface area contributed by atoms with Gasteiger partial charge in [-0.25, -0.2) is 8.42 Å². The molecule has 0 aromatic carbocycles. The largest absolute Gasteiger partial charge is 0.363 e. The van der Waals surface area contributed by atoms with E-state index in [-0.39, 0.29) is 24.6 Å². The van der Waals surface area contributed by atoms with Gasteiger partial charge in [-0.15, -0.1) is 12.4 Å². The number of hydrogen-bond donors (Lipinski definition) is 1. The maximum absolute atomic E-state index is 11.3. The number of ether oxygens (including phenoxy) is 1. The molecule has 90 valence electrons. The van der Waals surface area contributed by atoms with Gasteiger partial charge >= 0.3 is 0 Å². The van der Waals surface area contributed by atoms with Gasteiger partial charge < -0.3 is 4.74 Å². The zero-order valence-electron chi connectivity index (χ0n) is 8.81. The number of sulfone groups is 1. The zero-order valence-corrected chi connectivity index (χ0v) is 10.4. The Morgan fingerprint density at radius 2 is 2.13 bits per heavy atom. The molecule has 2 fully saturated rings. The Morgan fingerprint density at radius 3 is 2.60 bits per heavy atom. The van der Waals surface area contributed by atoms with Crippen LogP contribution in [0.2, 0.25) is 0 Å². The van der Waals surface area contributed by atoms with Crippen LogP contribution in [-0.4, -0.2) is 39.3 Å². The van der Waals surface area contributed by atoms with Crippen LogP contribution in [-0.2, 0) is 14.6 Å². The minimum Gasteiger partial charge on any atom is -0.363 e. The quantitative estimate of drug-likeness (QED) is 0.738. The van der Waals surface area contributed by atoms with Crippen LogP contribution >= 0.6 is 12.4 Å². The van der Waals surface area contributed by atoms with Gasteiger partial charge in [0.05, 0.1) is 18.1 Å². The molecule has 0 aromatic heterocycles. The van der Waals surface area contributed by atoms with Crippen LogP contribution in [0.4, 0.5) is 0 Å². The number of nitrogens with one attached hydrogen (secondary N) is 1. The zero-order chi connectivity index (χ0) is 10.2. The average Bonchev–Trinajstić information content (AvgIpc) is 2.47. The molecular formula is C9H18ClNO3S. The van der Waals surface area contributed by atoms with Crippen LogP contribution in [0.15, 0.2) is 0 Å². The van der Waals surface area contributed by atoms with E-state index in [4.69, 9.17) is 4.74 Å². The fourth-order valence-corrected chi connectivity index (χ4v) is 3.89. The standard InChI is InChI=1S/C9H17NO3S.ClH/c1-7-4-10-9(13-5-7)8-2-3-14(11,12)6-8;/h7-10H,2-6H2,1H3;1H. The molecule has 0 bridgehead atoms. The Hall–Kier alpha value is 0.160. The van der Waals surface area contributed by atoms with E-state index in [0.717, 1.165) is 19.6 Å². The molecule has 0 aliphatic carbocycles. The molecule has 6 heteroatoms. The van der Waals surface area contributed by atoms with Gasteiger partial charge in [0.25, 0.3) is 0 Å². The van der Waals surface area contributed by atoms with Crippen molar-refractivity contribution in [1.29, 1.82) is 0 Å². The van der Waals surface area contributed by atoms with Crippen LogP contribution in [0.1, 0.15) is 13.3 Å². The summed E-state index contributed by atoms with van der Waals surface area (Å²) in [7, 11) is -2.78. The molecule has 4 nitrogen and oxygen atoms in total. The fourth-order valence-electron chi connectivity index (χ4n) is 2.07. The summed E-state index contributed by atoms with van der Waals surface area (Å²) < 4.78 is 28.1. The minimum absolute atomic E-state index is 0. The van der Waals surface area contributed by atoms with Crippen LogP contribution in [0, 0.1) is 11.8 Å². The lowest BCUT2D eigenvalue weighted by atomic mass is 10.0. The smallest absolute Gasteiger partial charge is 0.150 e. The highest BCUT2D eigenvalue weighted by Gasteiger charge is 2.35. The van der Waals surface area contributed by atoms with E-state index in [1.165, 1.54) is 0 Å². The van der Waals surface area contributed by atoms with Gasteiger partial charge in [-0.3, -0.25) is 5.32 Å². The molecule has 2 saturated heterocycles. The molecule has 2 aliphatic heterocycles. The van der Waals surface area contributed by atoms with Gasteiger partial charge in [0.1, 0.15) is 6.23 Å². The van der Waals surface area contributed by atoms with Gasteiger partial charge in [0, 0.05) is 12.5 Å². The van der Waals surface area contributed by atoms with Crippen molar-refractivity contribution in [1.82, 2.24) is 5.32 Å². The summed E-state index contributed by atoms with van der Waals surface area (Å²) in [5.74, 6) is 1.31. The highest BCUT2D eigenvalue weighted by molar-refractivity contribution is 7.91. The van der Waals surface area contributed by atoms with E-state index >= 15 is 0 Å². The molecule has 2 rings (SSSR count). The Morgan fingerprint density at radius 1 is 1.40 bits per heavy atom. The molecular weight excluding hydrogens is 238 g/mol. The molecule has 0 radical (unpaired) electrons. The fraction of sp³-hybridized carbons (Fsp3) is 1.00. The summed E-state index contributed by atoms with van der Waals surface area (Å²) in [6, 6.07) is 0. The first-order valence-corrected chi connectivity index (χ1v) is 6.94. The van der Waals surface area contributed by atoms with Crippen molar-refractivity contribution in [2.45, 2.75) is 19.6 Å². The molecule has 2 aliphatic rings. The monoisotopic (exact) mass is 255 g/mol. The first-order chi connectivity index (χ1) is 6.57.